The minimum absolute atomic E-state index is 0.0172. The molecule has 1 aromatic rings. The van der Waals surface area contributed by atoms with Gasteiger partial charge in [0, 0.05) is 13.1 Å². The van der Waals surface area contributed by atoms with E-state index in [1.807, 2.05) is 0 Å². The highest BCUT2D eigenvalue weighted by molar-refractivity contribution is 5.52. The molecule has 2 rings (SSSR count). The standard InChI is InChI=1S/C14H16F2N2/c1-2-10-3-5-18(6-4-10)14-12(15)7-11(9-17)8-13(14)16/h7-8,10H,2-6H2,1H3. The zero-order chi connectivity index (χ0) is 13.1. The van der Waals surface area contributed by atoms with Gasteiger partial charge in [-0.3, -0.25) is 0 Å². The Hall–Kier alpha value is -1.63. The summed E-state index contributed by atoms with van der Waals surface area (Å²) in [5.74, 6) is -0.617. The Morgan fingerprint density at radius 3 is 2.28 bits per heavy atom. The van der Waals surface area contributed by atoms with Crippen LogP contribution in [0.5, 0.6) is 0 Å². The zero-order valence-corrected chi connectivity index (χ0v) is 10.4. The molecular weight excluding hydrogens is 234 g/mol. The lowest BCUT2D eigenvalue weighted by atomic mass is 9.94. The maximum Gasteiger partial charge on any atom is 0.150 e. The lowest BCUT2D eigenvalue weighted by molar-refractivity contribution is 0.389. The molecule has 0 unspecified atom stereocenters. The molecule has 0 aromatic heterocycles. The van der Waals surface area contributed by atoms with E-state index in [1.54, 1.807) is 11.0 Å². The molecule has 0 spiro atoms. The molecule has 0 N–H and O–H groups in total. The van der Waals surface area contributed by atoms with Crippen LogP contribution < -0.4 is 4.90 Å². The average Bonchev–Trinajstić information content (AvgIpc) is 2.38. The number of nitriles is 1. The molecule has 1 heterocycles. The fourth-order valence-electron chi connectivity index (χ4n) is 2.50. The first kappa shape index (κ1) is 12.8. The highest BCUT2D eigenvalue weighted by Crippen LogP contribution is 2.29. The second-order valence-corrected chi connectivity index (χ2v) is 4.74. The monoisotopic (exact) mass is 250 g/mol. The van der Waals surface area contributed by atoms with E-state index < -0.39 is 11.6 Å². The van der Waals surface area contributed by atoms with Gasteiger partial charge in [0.2, 0.25) is 0 Å². The molecule has 1 fully saturated rings. The van der Waals surface area contributed by atoms with Crippen LogP contribution in [0.1, 0.15) is 31.7 Å². The number of halogens is 2. The summed E-state index contributed by atoms with van der Waals surface area (Å²) in [5.41, 5.74) is 0.0424. The van der Waals surface area contributed by atoms with Gasteiger partial charge in [0.15, 0.2) is 11.6 Å². The van der Waals surface area contributed by atoms with E-state index in [-0.39, 0.29) is 11.3 Å². The maximum atomic E-state index is 13.8. The Morgan fingerprint density at radius 2 is 1.83 bits per heavy atom. The Morgan fingerprint density at radius 1 is 1.28 bits per heavy atom. The van der Waals surface area contributed by atoms with E-state index in [0.717, 1.165) is 31.4 Å². The van der Waals surface area contributed by atoms with Gasteiger partial charge in [-0.25, -0.2) is 8.78 Å². The lowest BCUT2D eigenvalue weighted by Gasteiger charge is -2.33. The maximum absolute atomic E-state index is 13.8. The molecule has 1 aliphatic rings. The second-order valence-electron chi connectivity index (χ2n) is 4.74. The van der Waals surface area contributed by atoms with Gasteiger partial charge >= 0.3 is 0 Å². The number of piperidine rings is 1. The van der Waals surface area contributed by atoms with E-state index in [9.17, 15) is 8.78 Å². The van der Waals surface area contributed by atoms with Crippen molar-refractivity contribution in [2.45, 2.75) is 26.2 Å². The Kier molecular flexibility index (Phi) is 3.81. The molecule has 1 aromatic carbocycles. The van der Waals surface area contributed by atoms with Crippen molar-refractivity contribution < 1.29 is 8.78 Å². The van der Waals surface area contributed by atoms with E-state index in [4.69, 9.17) is 5.26 Å². The lowest BCUT2D eigenvalue weighted by Crippen LogP contribution is -2.34. The van der Waals surface area contributed by atoms with E-state index in [0.29, 0.717) is 19.0 Å². The van der Waals surface area contributed by atoms with Gasteiger partial charge in [-0.2, -0.15) is 5.26 Å². The first-order valence-corrected chi connectivity index (χ1v) is 6.29. The van der Waals surface area contributed by atoms with Gasteiger partial charge in [-0.1, -0.05) is 13.3 Å². The second kappa shape index (κ2) is 5.34. The number of nitrogens with zero attached hydrogens (tertiary/aromatic N) is 2. The zero-order valence-electron chi connectivity index (χ0n) is 10.4. The van der Waals surface area contributed by atoms with Crippen molar-refractivity contribution in [2.75, 3.05) is 18.0 Å². The van der Waals surface area contributed by atoms with Crippen LogP contribution in [-0.4, -0.2) is 13.1 Å². The summed E-state index contributed by atoms with van der Waals surface area (Å²) in [7, 11) is 0. The minimum atomic E-state index is -0.638. The number of anilines is 1. The number of hydrogen-bond donors (Lipinski definition) is 0. The molecule has 0 amide bonds. The molecule has 96 valence electrons. The molecule has 4 heteroatoms. The number of benzene rings is 1. The smallest absolute Gasteiger partial charge is 0.150 e. The topological polar surface area (TPSA) is 27.0 Å². The van der Waals surface area contributed by atoms with E-state index >= 15 is 0 Å². The number of rotatable bonds is 2. The van der Waals surface area contributed by atoms with Crippen LogP contribution in [0.4, 0.5) is 14.5 Å². The van der Waals surface area contributed by atoms with Crippen LogP contribution in [0, 0.1) is 28.9 Å². The summed E-state index contributed by atoms with van der Waals surface area (Å²) in [6.07, 6.45) is 3.05. The molecule has 1 saturated heterocycles. The van der Waals surface area contributed by atoms with Crippen molar-refractivity contribution in [1.29, 1.82) is 5.26 Å². The van der Waals surface area contributed by atoms with Gasteiger partial charge in [0.05, 0.1) is 11.6 Å². The van der Waals surface area contributed by atoms with Crippen LogP contribution in [0.2, 0.25) is 0 Å². The van der Waals surface area contributed by atoms with Gasteiger partial charge in [0.1, 0.15) is 5.69 Å². The van der Waals surface area contributed by atoms with Gasteiger partial charge in [0.25, 0.3) is 0 Å². The van der Waals surface area contributed by atoms with Crippen LogP contribution in [0.3, 0.4) is 0 Å². The Balaban J connectivity index is 2.22. The predicted molar refractivity (Wildman–Crippen MR) is 66.3 cm³/mol. The van der Waals surface area contributed by atoms with Crippen LogP contribution in [0.25, 0.3) is 0 Å². The third kappa shape index (κ3) is 2.45. The Bertz CT molecular complexity index is 448. The summed E-state index contributed by atoms with van der Waals surface area (Å²) in [6.45, 7) is 3.50. The van der Waals surface area contributed by atoms with Crippen molar-refractivity contribution in [3.63, 3.8) is 0 Å². The van der Waals surface area contributed by atoms with Gasteiger partial charge in [-0.05, 0) is 30.9 Å². The van der Waals surface area contributed by atoms with Gasteiger partial charge < -0.3 is 4.90 Å². The minimum Gasteiger partial charge on any atom is -0.367 e. The molecule has 0 saturated carbocycles. The van der Waals surface area contributed by atoms with Crippen molar-refractivity contribution in [1.82, 2.24) is 0 Å². The summed E-state index contributed by atoms with van der Waals surface area (Å²) in [4.78, 5) is 1.75. The first-order chi connectivity index (χ1) is 8.65. The molecule has 0 radical (unpaired) electrons. The quantitative estimate of drug-likeness (QED) is 0.803. The SMILES string of the molecule is CCC1CCN(c2c(F)cc(C#N)cc2F)CC1. The first-order valence-electron chi connectivity index (χ1n) is 6.29. The molecule has 1 aliphatic heterocycles. The third-order valence-electron chi connectivity index (χ3n) is 3.65. The summed E-state index contributed by atoms with van der Waals surface area (Å²) < 4.78 is 27.7. The van der Waals surface area contributed by atoms with E-state index in [1.165, 1.54) is 0 Å². The highest BCUT2D eigenvalue weighted by atomic mass is 19.1. The highest BCUT2D eigenvalue weighted by Gasteiger charge is 2.23. The third-order valence-corrected chi connectivity index (χ3v) is 3.65. The van der Waals surface area contributed by atoms with Crippen LogP contribution >= 0.6 is 0 Å². The summed E-state index contributed by atoms with van der Waals surface area (Å²) in [5, 5.41) is 8.66. The van der Waals surface area contributed by atoms with Crippen molar-refractivity contribution in [2.24, 2.45) is 5.92 Å². The average molecular weight is 250 g/mol. The summed E-state index contributed by atoms with van der Waals surface area (Å²) >= 11 is 0. The molecular formula is C14H16F2N2. The van der Waals surface area contributed by atoms with Crippen LogP contribution in [0.15, 0.2) is 12.1 Å². The Labute approximate surface area is 106 Å². The summed E-state index contributed by atoms with van der Waals surface area (Å²) in [6, 6.07) is 3.96. The van der Waals surface area contributed by atoms with Crippen LogP contribution in [-0.2, 0) is 0 Å². The van der Waals surface area contributed by atoms with Crippen molar-refractivity contribution >= 4 is 5.69 Å². The molecule has 18 heavy (non-hydrogen) atoms. The predicted octanol–water partition coefficient (Wildman–Crippen LogP) is 3.46. The fraction of sp³-hybridized carbons (Fsp3) is 0.500. The molecule has 0 bridgehead atoms. The van der Waals surface area contributed by atoms with E-state index in [2.05, 4.69) is 6.92 Å². The molecule has 0 aliphatic carbocycles. The van der Waals surface area contributed by atoms with Crippen molar-refractivity contribution in [3.05, 3.63) is 29.3 Å². The number of hydrogen-bond acceptors (Lipinski definition) is 2. The van der Waals surface area contributed by atoms with Gasteiger partial charge in [-0.15, -0.1) is 0 Å². The normalized spacial score (nSPS) is 16.7. The fourth-order valence-corrected chi connectivity index (χ4v) is 2.50. The molecule has 2 nitrogen and oxygen atoms in total. The van der Waals surface area contributed by atoms with Crippen molar-refractivity contribution in [3.8, 4) is 6.07 Å². The molecule has 0 atom stereocenters. The largest absolute Gasteiger partial charge is 0.367 e.